The Morgan fingerprint density at radius 3 is 2.63 bits per heavy atom. The van der Waals surface area contributed by atoms with Crippen LogP contribution in [0, 0.1) is 0 Å². The minimum absolute atomic E-state index is 0.0118. The molecule has 4 nitrogen and oxygen atoms in total. The van der Waals surface area contributed by atoms with Crippen molar-refractivity contribution in [2.24, 2.45) is 0 Å². The second-order valence-corrected chi connectivity index (χ2v) is 4.33. The Balaban J connectivity index is 2.25. The van der Waals surface area contributed by atoms with Crippen LogP contribution >= 0.6 is 11.6 Å². The van der Waals surface area contributed by atoms with Gasteiger partial charge in [-0.1, -0.05) is 41.9 Å². The minimum Gasteiger partial charge on any atom is -0.478 e. The molecule has 2 aromatic rings. The molecule has 1 atom stereocenters. The molecule has 0 amide bonds. The molecule has 2 rings (SSSR count). The summed E-state index contributed by atoms with van der Waals surface area (Å²) < 4.78 is 5.62. The largest absolute Gasteiger partial charge is 0.478 e. The SMILES string of the molecule is CC(Oc1nccc(C(=O)O)c1Cl)c1ccccc1. The van der Waals surface area contributed by atoms with Crippen LogP contribution in [0.25, 0.3) is 0 Å². The lowest BCUT2D eigenvalue weighted by Crippen LogP contribution is -2.06. The fourth-order valence-electron chi connectivity index (χ4n) is 1.63. The number of carboxylic acid groups (broad SMARTS) is 1. The van der Waals surface area contributed by atoms with Crippen LogP contribution in [-0.4, -0.2) is 16.1 Å². The molecule has 0 saturated heterocycles. The number of carboxylic acids is 1. The van der Waals surface area contributed by atoms with Crippen LogP contribution in [-0.2, 0) is 0 Å². The van der Waals surface area contributed by atoms with Crippen LogP contribution in [0.15, 0.2) is 42.6 Å². The molecule has 98 valence electrons. The number of rotatable bonds is 4. The maximum atomic E-state index is 11.0. The quantitative estimate of drug-likeness (QED) is 0.928. The Morgan fingerprint density at radius 2 is 2.00 bits per heavy atom. The average Bonchev–Trinajstić information content (AvgIpc) is 2.41. The van der Waals surface area contributed by atoms with Gasteiger partial charge < -0.3 is 9.84 Å². The molecule has 0 aliphatic heterocycles. The second kappa shape index (κ2) is 5.71. The van der Waals surface area contributed by atoms with Crippen LogP contribution in [0.2, 0.25) is 5.02 Å². The third kappa shape index (κ3) is 3.03. The molecule has 1 unspecified atom stereocenters. The molecule has 5 heteroatoms. The minimum atomic E-state index is -1.11. The first-order valence-corrected chi connectivity index (χ1v) is 6.07. The van der Waals surface area contributed by atoms with Crippen LogP contribution in [0.3, 0.4) is 0 Å². The molecular formula is C14H12ClNO3. The summed E-state index contributed by atoms with van der Waals surface area (Å²) in [6, 6.07) is 10.9. The van der Waals surface area contributed by atoms with E-state index in [1.165, 1.54) is 12.3 Å². The van der Waals surface area contributed by atoms with Gasteiger partial charge in [-0.15, -0.1) is 0 Å². The van der Waals surface area contributed by atoms with Crippen molar-refractivity contribution in [2.45, 2.75) is 13.0 Å². The van der Waals surface area contributed by atoms with Gasteiger partial charge in [0.05, 0.1) is 5.56 Å². The van der Waals surface area contributed by atoms with Crippen LogP contribution in [0.5, 0.6) is 5.88 Å². The first kappa shape index (κ1) is 13.4. The fourth-order valence-corrected chi connectivity index (χ4v) is 1.87. The molecule has 0 fully saturated rings. The van der Waals surface area contributed by atoms with Gasteiger partial charge in [0.2, 0.25) is 5.88 Å². The number of hydrogen-bond donors (Lipinski definition) is 1. The van der Waals surface area contributed by atoms with Crippen molar-refractivity contribution >= 4 is 17.6 Å². The summed E-state index contributed by atoms with van der Waals surface area (Å²) in [7, 11) is 0. The number of aromatic carboxylic acids is 1. The Hall–Kier alpha value is -2.07. The summed E-state index contributed by atoms with van der Waals surface area (Å²) in [5.41, 5.74) is 0.938. The van der Waals surface area contributed by atoms with Crippen molar-refractivity contribution in [3.63, 3.8) is 0 Å². The zero-order valence-corrected chi connectivity index (χ0v) is 11.0. The number of ether oxygens (including phenoxy) is 1. The van der Waals surface area contributed by atoms with Crippen LogP contribution in [0.1, 0.15) is 28.9 Å². The molecule has 1 heterocycles. The van der Waals surface area contributed by atoms with Crippen molar-refractivity contribution in [3.05, 3.63) is 58.7 Å². The molecule has 1 aromatic heterocycles. The zero-order valence-electron chi connectivity index (χ0n) is 10.2. The summed E-state index contributed by atoms with van der Waals surface area (Å²) in [5.74, 6) is -0.984. The number of aromatic nitrogens is 1. The highest BCUT2D eigenvalue weighted by Gasteiger charge is 2.16. The van der Waals surface area contributed by atoms with Crippen molar-refractivity contribution in [1.29, 1.82) is 0 Å². The molecule has 1 aromatic carbocycles. The fraction of sp³-hybridized carbons (Fsp3) is 0.143. The van der Waals surface area contributed by atoms with Gasteiger partial charge in [-0.2, -0.15) is 0 Å². The van der Waals surface area contributed by atoms with E-state index in [0.717, 1.165) is 5.56 Å². The van der Waals surface area contributed by atoms with Gasteiger partial charge in [0.25, 0.3) is 0 Å². The summed E-state index contributed by atoms with van der Waals surface area (Å²) in [4.78, 5) is 14.9. The van der Waals surface area contributed by atoms with E-state index in [-0.39, 0.29) is 22.6 Å². The first-order chi connectivity index (χ1) is 9.09. The predicted molar refractivity (Wildman–Crippen MR) is 71.7 cm³/mol. The second-order valence-electron chi connectivity index (χ2n) is 3.95. The molecule has 0 aliphatic carbocycles. The van der Waals surface area contributed by atoms with Crippen molar-refractivity contribution in [1.82, 2.24) is 4.98 Å². The van der Waals surface area contributed by atoms with Gasteiger partial charge in [-0.25, -0.2) is 9.78 Å². The molecule has 0 aliphatic rings. The maximum absolute atomic E-state index is 11.0. The number of halogens is 1. The molecule has 0 bridgehead atoms. The third-order valence-electron chi connectivity index (χ3n) is 2.65. The number of hydrogen-bond acceptors (Lipinski definition) is 3. The lowest BCUT2D eigenvalue weighted by atomic mass is 10.1. The molecule has 19 heavy (non-hydrogen) atoms. The van der Waals surface area contributed by atoms with Crippen molar-refractivity contribution in [3.8, 4) is 5.88 Å². The van der Waals surface area contributed by atoms with Gasteiger partial charge in [-0.3, -0.25) is 0 Å². The molecule has 0 radical (unpaired) electrons. The highest BCUT2D eigenvalue weighted by atomic mass is 35.5. The molecular weight excluding hydrogens is 266 g/mol. The average molecular weight is 278 g/mol. The highest BCUT2D eigenvalue weighted by Crippen LogP contribution is 2.29. The van der Waals surface area contributed by atoms with Gasteiger partial charge in [-0.05, 0) is 18.6 Å². The van der Waals surface area contributed by atoms with E-state index in [9.17, 15) is 4.79 Å². The van der Waals surface area contributed by atoms with Crippen LogP contribution in [0.4, 0.5) is 0 Å². The molecule has 0 spiro atoms. The molecule has 0 saturated carbocycles. The van der Waals surface area contributed by atoms with Gasteiger partial charge in [0.15, 0.2) is 0 Å². The van der Waals surface area contributed by atoms with Gasteiger partial charge in [0.1, 0.15) is 11.1 Å². The molecule has 1 N–H and O–H groups in total. The highest BCUT2D eigenvalue weighted by molar-refractivity contribution is 6.34. The van der Waals surface area contributed by atoms with Gasteiger partial charge in [0, 0.05) is 6.20 Å². The maximum Gasteiger partial charge on any atom is 0.337 e. The lowest BCUT2D eigenvalue weighted by molar-refractivity contribution is 0.0696. The summed E-state index contributed by atoms with van der Waals surface area (Å²) in [6.07, 6.45) is 1.10. The van der Waals surface area contributed by atoms with Crippen LogP contribution < -0.4 is 4.74 Å². The Kier molecular flexibility index (Phi) is 4.02. The van der Waals surface area contributed by atoms with E-state index in [4.69, 9.17) is 21.4 Å². The van der Waals surface area contributed by atoms with E-state index < -0.39 is 5.97 Å². The zero-order chi connectivity index (χ0) is 13.8. The Bertz CT molecular complexity index is 586. The Labute approximate surface area is 115 Å². The standard InChI is InChI=1S/C14H12ClNO3/c1-9(10-5-3-2-4-6-10)19-13-12(15)11(14(17)18)7-8-16-13/h2-9H,1H3,(H,17,18). The predicted octanol–water partition coefficient (Wildman–Crippen LogP) is 3.57. The van der Waals surface area contributed by atoms with Gasteiger partial charge >= 0.3 is 5.97 Å². The van der Waals surface area contributed by atoms with E-state index in [1.807, 2.05) is 37.3 Å². The topological polar surface area (TPSA) is 59.4 Å². The number of carbonyl (C=O) groups is 1. The number of benzene rings is 1. The lowest BCUT2D eigenvalue weighted by Gasteiger charge is -2.15. The van der Waals surface area contributed by atoms with E-state index in [0.29, 0.717) is 0 Å². The first-order valence-electron chi connectivity index (χ1n) is 5.69. The van der Waals surface area contributed by atoms with Crippen molar-refractivity contribution in [2.75, 3.05) is 0 Å². The van der Waals surface area contributed by atoms with E-state index >= 15 is 0 Å². The van der Waals surface area contributed by atoms with E-state index in [2.05, 4.69) is 4.98 Å². The number of pyridine rings is 1. The summed E-state index contributed by atoms with van der Waals surface area (Å²) in [6.45, 7) is 1.85. The summed E-state index contributed by atoms with van der Waals surface area (Å²) in [5, 5.41) is 8.99. The van der Waals surface area contributed by atoms with E-state index in [1.54, 1.807) is 0 Å². The monoisotopic (exact) mass is 277 g/mol. The smallest absolute Gasteiger partial charge is 0.337 e. The normalized spacial score (nSPS) is 11.9. The third-order valence-corrected chi connectivity index (χ3v) is 3.01. The number of nitrogens with zero attached hydrogens (tertiary/aromatic N) is 1. The Morgan fingerprint density at radius 1 is 1.32 bits per heavy atom. The summed E-state index contributed by atoms with van der Waals surface area (Å²) >= 11 is 5.97. The van der Waals surface area contributed by atoms with Crippen molar-refractivity contribution < 1.29 is 14.6 Å².